The van der Waals surface area contributed by atoms with Crippen LogP contribution in [0.4, 0.5) is 5.69 Å². The molecule has 2 heterocycles. The molecule has 0 aliphatic heterocycles. The Bertz CT molecular complexity index is 1350. The number of benzene rings is 2. The molecule has 0 saturated heterocycles. The van der Waals surface area contributed by atoms with Crippen LogP contribution >= 0.6 is 38.9 Å². The summed E-state index contributed by atoms with van der Waals surface area (Å²) in [6.45, 7) is 0. The summed E-state index contributed by atoms with van der Waals surface area (Å²) in [4.78, 5) is 16.9. The second-order valence-electron chi connectivity index (χ2n) is 5.96. The normalized spacial score (nSPS) is 11.4. The Balaban J connectivity index is 1.69. The van der Waals surface area contributed by atoms with Gasteiger partial charge in [0.05, 0.1) is 22.0 Å². The van der Waals surface area contributed by atoms with Gasteiger partial charge in [0, 0.05) is 21.4 Å². The van der Waals surface area contributed by atoms with Crippen LogP contribution < -0.4 is 10.9 Å². The Morgan fingerprint density at radius 2 is 2.10 bits per heavy atom. The smallest absolute Gasteiger partial charge is 0.345 e. The first-order valence-electron chi connectivity index (χ1n) is 8.36. The molecule has 0 aliphatic rings. The maximum atomic E-state index is 12.4. The van der Waals surface area contributed by atoms with E-state index in [1.54, 1.807) is 35.8 Å². The van der Waals surface area contributed by atoms with Crippen LogP contribution in [-0.4, -0.2) is 4.98 Å². The SMILES string of the molecule is N#CC(=CNc1ccccc1Cl)c1nc(-c2cc3cc(Br)ccc3oc2=O)cs1. The van der Waals surface area contributed by atoms with E-state index in [1.807, 2.05) is 24.3 Å². The Hall–Kier alpha value is -2.92. The molecule has 0 bridgehead atoms. The zero-order valence-corrected chi connectivity index (χ0v) is 17.8. The molecule has 0 saturated carbocycles. The summed E-state index contributed by atoms with van der Waals surface area (Å²) in [5, 5.41) is 16.1. The van der Waals surface area contributed by atoms with E-state index >= 15 is 0 Å². The lowest BCUT2D eigenvalue weighted by molar-refractivity contribution is 0.563. The minimum Gasteiger partial charge on any atom is -0.422 e. The van der Waals surface area contributed by atoms with E-state index in [-0.39, 0.29) is 0 Å². The van der Waals surface area contributed by atoms with Gasteiger partial charge in [0.25, 0.3) is 0 Å². The number of anilines is 1. The van der Waals surface area contributed by atoms with Crippen molar-refractivity contribution in [3.8, 4) is 17.3 Å². The standard InChI is InChI=1S/C21H11BrClN3O2S/c22-14-5-6-19-12(7-14)8-15(21(27)28-19)18-11-29-20(26-18)13(9-24)10-25-17-4-2-1-3-16(17)23/h1-8,10-11,25H. The average molecular weight is 485 g/mol. The maximum Gasteiger partial charge on any atom is 0.345 e. The quantitative estimate of drug-likeness (QED) is 0.271. The number of fused-ring (bicyclic) bond motifs is 1. The zero-order valence-electron chi connectivity index (χ0n) is 14.6. The molecule has 8 heteroatoms. The molecule has 1 N–H and O–H groups in total. The van der Waals surface area contributed by atoms with Crippen molar-refractivity contribution < 1.29 is 4.42 Å². The molecular formula is C21H11BrClN3O2S. The Kier molecular flexibility index (Phi) is 5.49. The first kappa shape index (κ1) is 19.4. The third-order valence-electron chi connectivity index (χ3n) is 4.07. The Labute approximate surface area is 183 Å². The first-order chi connectivity index (χ1) is 14.0. The molecule has 29 heavy (non-hydrogen) atoms. The number of thiazole rings is 1. The molecule has 4 aromatic rings. The van der Waals surface area contributed by atoms with Gasteiger partial charge in [-0.1, -0.05) is 39.7 Å². The number of allylic oxidation sites excluding steroid dienone is 1. The second kappa shape index (κ2) is 8.21. The fourth-order valence-corrected chi connectivity index (χ4v) is 4.02. The molecular weight excluding hydrogens is 474 g/mol. The summed E-state index contributed by atoms with van der Waals surface area (Å²) in [5.41, 5.74) is 1.83. The third kappa shape index (κ3) is 4.10. The molecule has 0 radical (unpaired) electrons. The highest BCUT2D eigenvalue weighted by atomic mass is 79.9. The van der Waals surface area contributed by atoms with E-state index in [0.717, 1.165) is 9.86 Å². The van der Waals surface area contributed by atoms with Gasteiger partial charge in [-0.15, -0.1) is 11.3 Å². The molecule has 5 nitrogen and oxygen atoms in total. The fraction of sp³-hybridized carbons (Fsp3) is 0. The second-order valence-corrected chi connectivity index (χ2v) is 8.14. The van der Waals surface area contributed by atoms with Crippen LogP contribution in [0.1, 0.15) is 5.01 Å². The molecule has 0 unspecified atom stereocenters. The van der Waals surface area contributed by atoms with Crippen LogP contribution in [0.2, 0.25) is 5.02 Å². The maximum absolute atomic E-state index is 12.4. The van der Waals surface area contributed by atoms with Gasteiger partial charge in [0.1, 0.15) is 22.2 Å². The van der Waals surface area contributed by atoms with Crippen molar-refractivity contribution in [2.75, 3.05) is 5.32 Å². The molecule has 0 fully saturated rings. The van der Waals surface area contributed by atoms with E-state index < -0.39 is 5.63 Å². The number of halogens is 2. The van der Waals surface area contributed by atoms with Crippen LogP contribution in [0, 0.1) is 11.3 Å². The van der Waals surface area contributed by atoms with Crippen molar-refractivity contribution in [2.45, 2.75) is 0 Å². The molecule has 0 amide bonds. The summed E-state index contributed by atoms with van der Waals surface area (Å²) in [6.07, 6.45) is 1.55. The van der Waals surface area contributed by atoms with E-state index in [0.29, 0.717) is 38.1 Å². The van der Waals surface area contributed by atoms with Crippen LogP contribution in [0.15, 0.2) is 73.8 Å². The fourth-order valence-electron chi connectivity index (χ4n) is 2.66. The van der Waals surface area contributed by atoms with Crippen LogP contribution in [0.5, 0.6) is 0 Å². The first-order valence-corrected chi connectivity index (χ1v) is 10.4. The van der Waals surface area contributed by atoms with Gasteiger partial charge in [0.15, 0.2) is 0 Å². The van der Waals surface area contributed by atoms with Crippen LogP contribution in [-0.2, 0) is 0 Å². The number of aromatic nitrogens is 1. The Morgan fingerprint density at radius 1 is 1.28 bits per heavy atom. The van der Waals surface area contributed by atoms with Gasteiger partial charge in [-0.05, 0) is 36.4 Å². The van der Waals surface area contributed by atoms with Gasteiger partial charge in [-0.3, -0.25) is 0 Å². The molecule has 142 valence electrons. The van der Waals surface area contributed by atoms with Crippen molar-refractivity contribution in [3.63, 3.8) is 0 Å². The Morgan fingerprint density at radius 3 is 2.90 bits per heavy atom. The molecule has 2 aromatic heterocycles. The van der Waals surface area contributed by atoms with E-state index in [4.69, 9.17) is 16.0 Å². The lowest BCUT2D eigenvalue weighted by Gasteiger charge is -2.03. The molecule has 0 spiro atoms. The van der Waals surface area contributed by atoms with Crippen molar-refractivity contribution >= 4 is 61.1 Å². The monoisotopic (exact) mass is 483 g/mol. The third-order valence-corrected chi connectivity index (χ3v) is 5.77. The lowest BCUT2D eigenvalue weighted by atomic mass is 10.1. The van der Waals surface area contributed by atoms with Crippen molar-refractivity contribution in [1.82, 2.24) is 4.98 Å². The number of nitriles is 1. The minimum atomic E-state index is -0.478. The lowest BCUT2D eigenvalue weighted by Crippen LogP contribution is -2.03. The van der Waals surface area contributed by atoms with E-state index in [1.165, 1.54) is 11.3 Å². The topological polar surface area (TPSA) is 78.9 Å². The predicted molar refractivity (Wildman–Crippen MR) is 120 cm³/mol. The number of nitrogens with zero attached hydrogens (tertiary/aromatic N) is 2. The molecule has 0 aliphatic carbocycles. The largest absolute Gasteiger partial charge is 0.422 e. The molecule has 4 rings (SSSR count). The number of para-hydroxylation sites is 1. The van der Waals surface area contributed by atoms with Crippen molar-refractivity contribution in [1.29, 1.82) is 5.26 Å². The van der Waals surface area contributed by atoms with Crippen molar-refractivity contribution in [3.05, 3.63) is 85.0 Å². The van der Waals surface area contributed by atoms with E-state index in [2.05, 4.69) is 32.3 Å². The summed E-state index contributed by atoms with van der Waals surface area (Å²) >= 11 is 10.8. The number of rotatable bonds is 4. The summed E-state index contributed by atoms with van der Waals surface area (Å²) in [6, 6.07) is 16.5. The highest BCUT2D eigenvalue weighted by molar-refractivity contribution is 9.10. The average Bonchev–Trinajstić information content (AvgIpc) is 3.19. The van der Waals surface area contributed by atoms with Gasteiger partial charge in [-0.2, -0.15) is 5.26 Å². The van der Waals surface area contributed by atoms with E-state index in [9.17, 15) is 10.1 Å². The van der Waals surface area contributed by atoms with Gasteiger partial charge >= 0.3 is 5.63 Å². The highest BCUT2D eigenvalue weighted by Gasteiger charge is 2.14. The highest BCUT2D eigenvalue weighted by Crippen LogP contribution is 2.28. The van der Waals surface area contributed by atoms with Crippen molar-refractivity contribution in [2.24, 2.45) is 0 Å². The number of hydrogen-bond donors (Lipinski definition) is 1. The summed E-state index contributed by atoms with van der Waals surface area (Å²) in [7, 11) is 0. The van der Waals surface area contributed by atoms with Gasteiger partial charge < -0.3 is 9.73 Å². The number of hydrogen-bond acceptors (Lipinski definition) is 6. The van der Waals surface area contributed by atoms with Crippen LogP contribution in [0.3, 0.4) is 0 Å². The zero-order chi connectivity index (χ0) is 20.4. The summed E-state index contributed by atoms with van der Waals surface area (Å²) in [5.74, 6) is 0. The van der Waals surface area contributed by atoms with Crippen LogP contribution in [0.25, 0.3) is 27.8 Å². The van der Waals surface area contributed by atoms with Gasteiger partial charge in [0.2, 0.25) is 0 Å². The number of nitrogens with one attached hydrogen (secondary N) is 1. The van der Waals surface area contributed by atoms with Gasteiger partial charge in [-0.25, -0.2) is 9.78 Å². The minimum absolute atomic E-state index is 0.328. The molecule has 2 aromatic carbocycles. The predicted octanol–water partition coefficient (Wildman–Crippen LogP) is 6.31. The molecule has 0 atom stereocenters. The summed E-state index contributed by atoms with van der Waals surface area (Å²) < 4.78 is 6.28.